The highest BCUT2D eigenvalue weighted by Crippen LogP contribution is 2.36. The number of aromatic nitrogens is 3. The second-order valence-electron chi connectivity index (χ2n) is 10.3. The Morgan fingerprint density at radius 1 is 1.15 bits per heavy atom. The van der Waals surface area contributed by atoms with Gasteiger partial charge in [-0.05, 0) is 79.5 Å². The lowest BCUT2D eigenvalue weighted by Gasteiger charge is -2.38. The van der Waals surface area contributed by atoms with Gasteiger partial charge in [-0.15, -0.1) is 0 Å². The predicted octanol–water partition coefficient (Wildman–Crippen LogP) is 6.95. The Labute approximate surface area is 212 Å². The van der Waals surface area contributed by atoms with Crippen LogP contribution < -0.4 is 0 Å². The van der Waals surface area contributed by atoms with Crippen LogP contribution in [0.1, 0.15) is 67.7 Å². The smallest absolute Gasteiger partial charge is 0.253 e. The summed E-state index contributed by atoms with van der Waals surface area (Å²) >= 11 is 12.3. The molecule has 4 rings (SSSR count). The van der Waals surface area contributed by atoms with Crippen LogP contribution in [0.4, 0.5) is 0 Å². The summed E-state index contributed by atoms with van der Waals surface area (Å²) in [6.07, 6.45) is 4.80. The quantitative estimate of drug-likeness (QED) is 0.390. The largest absolute Gasteiger partial charge is 0.338 e. The zero-order valence-electron chi connectivity index (χ0n) is 20.3. The molecule has 1 saturated heterocycles. The fourth-order valence-corrected chi connectivity index (χ4v) is 5.09. The topological polar surface area (TPSA) is 51.0 Å². The summed E-state index contributed by atoms with van der Waals surface area (Å²) in [7, 11) is 0. The molecule has 2 unspecified atom stereocenters. The van der Waals surface area contributed by atoms with E-state index in [2.05, 4.69) is 25.8 Å². The zero-order chi connectivity index (χ0) is 24.5. The lowest BCUT2D eigenvalue weighted by molar-refractivity contribution is 0.0608. The molecule has 0 radical (unpaired) electrons. The molecule has 5 nitrogen and oxygen atoms in total. The van der Waals surface area contributed by atoms with E-state index in [-0.39, 0.29) is 17.2 Å². The average molecular weight is 499 g/mol. The second kappa shape index (κ2) is 10.1. The van der Waals surface area contributed by atoms with Crippen molar-refractivity contribution in [2.45, 2.75) is 52.9 Å². The Hall–Kier alpha value is -2.37. The first kappa shape index (κ1) is 24.7. The summed E-state index contributed by atoms with van der Waals surface area (Å²) in [6.45, 7) is 10.1. The van der Waals surface area contributed by atoms with E-state index in [1.165, 1.54) is 0 Å². The number of hydrogen-bond acceptors (Lipinski definition) is 3. The molecule has 0 bridgehead atoms. The van der Waals surface area contributed by atoms with Gasteiger partial charge >= 0.3 is 0 Å². The third kappa shape index (κ3) is 5.64. The lowest BCUT2D eigenvalue weighted by atomic mass is 9.77. The number of hydrogen-bond donors (Lipinski definition) is 0. The van der Waals surface area contributed by atoms with Gasteiger partial charge in [0, 0.05) is 34.6 Å². The minimum Gasteiger partial charge on any atom is -0.338 e. The molecule has 0 N–H and O–H groups in total. The Balaban J connectivity index is 1.51. The van der Waals surface area contributed by atoms with E-state index in [4.69, 9.17) is 28.3 Å². The number of carbonyl (C=O) groups is 1. The van der Waals surface area contributed by atoms with E-state index in [0.717, 1.165) is 42.9 Å². The fraction of sp³-hybridized carbons (Fsp3) is 0.444. The van der Waals surface area contributed by atoms with E-state index in [1.54, 1.807) is 11.0 Å². The molecule has 1 fully saturated rings. The highest BCUT2D eigenvalue weighted by atomic mass is 35.5. The fourth-order valence-electron chi connectivity index (χ4n) is 4.79. The second-order valence-corrected chi connectivity index (χ2v) is 11.1. The van der Waals surface area contributed by atoms with Gasteiger partial charge in [0.2, 0.25) is 0 Å². The van der Waals surface area contributed by atoms with E-state index in [0.29, 0.717) is 28.1 Å². The standard InChI is InChI=1S/C27H32Cl2N4O/c1-18-14-21(8-9-24(18)29)26(34)32-13-11-20(10-12-27(3,4)16-32)19(2)25-30-17-33(31-25)23-7-5-6-22(28)15-23/h5-9,14-15,17,19-20H,10-13,16H2,1-4H3. The third-order valence-electron chi connectivity index (χ3n) is 6.97. The molecule has 180 valence electrons. The maximum absolute atomic E-state index is 13.4. The average Bonchev–Trinajstić information content (AvgIpc) is 3.28. The Kier molecular flexibility index (Phi) is 7.34. The van der Waals surface area contributed by atoms with E-state index in [9.17, 15) is 4.79 Å². The van der Waals surface area contributed by atoms with Crippen molar-refractivity contribution in [3.63, 3.8) is 0 Å². The van der Waals surface area contributed by atoms with E-state index in [1.807, 2.05) is 54.3 Å². The number of aryl methyl sites for hydroxylation is 1. The summed E-state index contributed by atoms with van der Waals surface area (Å²) in [5, 5.41) is 6.12. The van der Waals surface area contributed by atoms with Crippen molar-refractivity contribution in [1.29, 1.82) is 0 Å². The SMILES string of the molecule is Cc1cc(C(=O)N2CCC(C(C)c3ncn(-c4cccc(Cl)c4)n3)CCC(C)(C)C2)ccc1Cl. The van der Waals surface area contributed by atoms with Gasteiger partial charge < -0.3 is 4.90 Å². The minimum absolute atomic E-state index is 0.0308. The lowest BCUT2D eigenvalue weighted by Crippen LogP contribution is -2.42. The summed E-state index contributed by atoms with van der Waals surface area (Å²) < 4.78 is 1.78. The summed E-state index contributed by atoms with van der Waals surface area (Å²) in [4.78, 5) is 20.0. The molecule has 7 heteroatoms. The van der Waals surface area contributed by atoms with Crippen LogP contribution in [-0.4, -0.2) is 38.7 Å². The molecule has 1 aliphatic rings. The molecular formula is C27H32Cl2N4O. The molecule has 1 aromatic heterocycles. The molecule has 0 saturated carbocycles. The minimum atomic E-state index is 0.0308. The summed E-state index contributed by atoms with van der Waals surface area (Å²) in [6, 6.07) is 13.1. The van der Waals surface area contributed by atoms with Gasteiger partial charge in [-0.25, -0.2) is 9.67 Å². The third-order valence-corrected chi connectivity index (χ3v) is 7.63. The highest BCUT2D eigenvalue weighted by molar-refractivity contribution is 6.31. The van der Waals surface area contributed by atoms with Gasteiger partial charge in [-0.2, -0.15) is 5.10 Å². The van der Waals surface area contributed by atoms with Gasteiger partial charge in [0.1, 0.15) is 6.33 Å². The van der Waals surface area contributed by atoms with Crippen molar-refractivity contribution in [1.82, 2.24) is 19.7 Å². The number of likely N-dealkylation sites (tertiary alicyclic amines) is 1. The Morgan fingerprint density at radius 2 is 1.94 bits per heavy atom. The van der Waals surface area contributed by atoms with Gasteiger partial charge in [0.05, 0.1) is 5.69 Å². The molecule has 3 aromatic rings. The molecule has 0 spiro atoms. The van der Waals surface area contributed by atoms with Gasteiger partial charge in [-0.1, -0.05) is 50.0 Å². The van der Waals surface area contributed by atoms with Crippen molar-refractivity contribution in [2.24, 2.45) is 11.3 Å². The van der Waals surface area contributed by atoms with Gasteiger partial charge in [-0.3, -0.25) is 4.79 Å². The maximum Gasteiger partial charge on any atom is 0.253 e. The van der Waals surface area contributed by atoms with E-state index >= 15 is 0 Å². The van der Waals surface area contributed by atoms with Crippen LogP contribution >= 0.6 is 23.2 Å². The maximum atomic E-state index is 13.4. The number of halogens is 2. The first-order valence-corrected chi connectivity index (χ1v) is 12.6. The van der Waals surface area contributed by atoms with Gasteiger partial charge in [0.25, 0.3) is 5.91 Å². The first-order chi connectivity index (χ1) is 16.1. The van der Waals surface area contributed by atoms with Crippen LogP contribution in [0.2, 0.25) is 10.0 Å². The number of nitrogens with zero attached hydrogens (tertiary/aromatic N) is 4. The molecule has 1 amide bonds. The summed E-state index contributed by atoms with van der Waals surface area (Å²) in [5.41, 5.74) is 2.55. The van der Waals surface area contributed by atoms with Crippen molar-refractivity contribution in [3.8, 4) is 5.69 Å². The number of benzene rings is 2. The van der Waals surface area contributed by atoms with Crippen LogP contribution in [-0.2, 0) is 0 Å². The van der Waals surface area contributed by atoms with Crippen molar-refractivity contribution < 1.29 is 4.79 Å². The van der Waals surface area contributed by atoms with Crippen LogP contribution in [0.15, 0.2) is 48.8 Å². The molecule has 2 aromatic carbocycles. The molecule has 2 atom stereocenters. The number of amides is 1. The number of rotatable bonds is 4. The van der Waals surface area contributed by atoms with Crippen LogP contribution in [0.25, 0.3) is 5.69 Å². The van der Waals surface area contributed by atoms with Gasteiger partial charge in [0.15, 0.2) is 5.82 Å². The molecule has 1 aliphatic heterocycles. The first-order valence-electron chi connectivity index (χ1n) is 11.9. The molecule has 0 aliphatic carbocycles. The predicted molar refractivity (Wildman–Crippen MR) is 138 cm³/mol. The highest BCUT2D eigenvalue weighted by Gasteiger charge is 2.32. The summed E-state index contributed by atoms with van der Waals surface area (Å²) in [5.74, 6) is 1.47. The Morgan fingerprint density at radius 3 is 2.68 bits per heavy atom. The monoisotopic (exact) mass is 498 g/mol. The molecular weight excluding hydrogens is 467 g/mol. The van der Waals surface area contributed by atoms with Crippen LogP contribution in [0.3, 0.4) is 0 Å². The van der Waals surface area contributed by atoms with Crippen LogP contribution in [0.5, 0.6) is 0 Å². The zero-order valence-corrected chi connectivity index (χ0v) is 21.8. The van der Waals surface area contributed by atoms with Crippen molar-refractivity contribution in [3.05, 3.63) is 75.8 Å². The van der Waals surface area contributed by atoms with E-state index < -0.39 is 0 Å². The number of carbonyl (C=O) groups excluding carboxylic acids is 1. The normalized spacial score (nSPS) is 19.4. The van der Waals surface area contributed by atoms with Crippen LogP contribution in [0, 0.1) is 18.3 Å². The molecule has 34 heavy (non-hydrogen) atoms. The Bertz CT molecular complexity index is 1170. The molecule has 2 heterocycles. The van der Waals surface area contributed by atoms with Crippen molar-refractivity contribution in [2.75, 3.05) is 13.1 Å². The van der Waals surface area contributed by atoms with Crippen molar-refractivity contribution >= 4 is 29.1 Å².